The first-order valence-corrected chi connectivity index (χ1v) is 8.97. The lowest BCUT2D eigenvalue weighted by molar-refractivity contribution is 0.00812. The Morgan fingerprint density at radius 1 is 1.15 bits per heavy atom. The minimum absolute atomic E-state index is 0.572. The van der Waals surface area contributed by atoms with Gasteiger partial charge in [0.05, 0.1) is 5.60 Å². The van der Waals surface area contributed by atoms with Gasteiger partial charge in [-0.1, -0.05) is 44.5 Å². The van der Waals surface area contributed by atoms with E-state index in [9.17, 15) is 5.11 Å². The van der Waals surface area contributed by atoms with Crippen molar-refractivity contribution in [2.24, 2.45) is 5.92 Å². The van der Waals surface area contributed by atoms with Crippen LogP contribution in [0.5, 0.6) is 0 Å². The normalized spacial score (nSPS) is 33.4. The molecule has 0 saturated carbocycles. The van der Waals surface area contributed by atoms with Gasteiger partial charge >= 0.3 is 0 Å². The monoisotopic (exact) mass is 290 g/mol. The number of fused-ring (bicyclic) bond motifs is 2. The fourth-order valence-electron chi connectivity index (χ4n) is 3.78. The van der Waals surface area contributed by atoms with Crippen molar-refractivity contribution in [2.45, 2.75) is 68.5 Å². The molecular weight excluding hydrogens is 264 g/mol. The fourth-order valence-corrected chi connectivity index (χ4v) is 5.67. The van der Waals surface area contributed by atoms with Crippen LogP contribution in [0.4, 0.5) is 0 Å². The summed E-state index contributed by atoms with van der Waals surface area (Å²) in [5, 5.41) is 12.4. The molecule has 0 radical (unpaired) electrons. The molecule has 0 aromatic heterocycles. The topological polar surface area (TPSA) is 20.2 Å². The first kappa shape index (κ1) is 14.5. The lowest BCUT2D eigenvalue weighted by atomic mass is 9.80. The van der Waals surface area contributed by atoms with Crippen LogP contribution in [0.3, 0.4) is 0 Å². The molecule has 1 aromatic rings. The van der Waals surface area contributed by atoms with E-state index >= 15 is 0 Å². The molecule has 0 aliphatic carbocycles. The summed E-state index contributed by atoms with van der Waals surface area (Å²) in [6.45, 7) is 4.50. The third kappa shape index (κ3) is 3.07. The van der Waals surface area contributed by atoms with Gasteiger partial charge < -0.3 is 5.11 Å². The minimum Gasteiger partial charge on any atom is -0.385 e. The Hall–Kier alpha value is -0.470. The van der Waals surface area contributed by atoms with E-state index in [1.807, 2.05) is 0 Å². The third-order valence-electron chi connectivity index (χ3n) is 4.70. The predicted molar refractivity (Wildman–Crippen MR) is 87.1 cm³/mol. The summed E-state index contributed by atoms with van der Waals surface area (Å²) in [4.78, 5) is 0. The highest BCUT2D eigenvalue weighted by atomic mass is 32.2. The lowest BCUT2D eigenvalue weighted by Gasteiger charge is -2.44. The summed E-state index contributed by atoms with van der Waals surface area (Å²) in [5.74, 6) is 0.689. The van der Waals surface area contributed by atoms with E-state index in [1.54, 1.807) is 0 Å². The summed E-state index contributed by atoms with van der Waals surface area (Å²) < 4.78 is 0. The molecule has 3 rings (SSSR count). The van der Waals surface area contributed by atoms with Crippen LogP contribution in [0.15, 0.2) is 24.3 Å². The van der Waals surface area contributed by atoms with Crippen molar-refractivity contribution < 1.29 is 5.11 Å². The van der Waals surface area contributed by atoms with E-state index in [1.165, 1.54) is 24.8 Å². The molecule has 1 nitrogen and oxygen atoms in total. The van der Waals surface area contributed by atoms with Crippen LogP contribution in [0.25, 0.3) is 0 Å². The van der Waals surface area contributed by atoms with E-state index in [-0.39, 0.29) is 0 Å². The van der Waals surface area contributed by atoms with Crippen molar-refractivity contribution in [2.75, 3.05) is 0 Å². The Balaban J connectivity index is 1.77. The summed E-state index contributed by atoms with van der Waals surface area (Å²) in [6.07, 6.45) is 6.94. The van der Waals surface area contributed by atoms with Gasteiger partial charge in [0.2, 0.25) is 0 Å². The smallest absolute Gasteiger partial charge is 0.0917 e. The number of hydrogen-bond donors (Lipinski definition) is 1. The summed E-state index contributed by atoms with van der Waals surface area (Å²) in [7, 11) is 0. The zero-order valence-electron chi connectivity index (χ0n) is 12.6. The number of aliphatic hydroxyl groups is 1. The van der Waals surface area contributed by atoms with E-state index in [0.29, 0.717) is 16.4 Å². The van der Waals surface area contributed by atoms with Crippen LogP contribution < -0.4 is 0 Å². The molecule has 2 aliphatic rings. The van der Waals surface area contributed by atoms with Gasteiger partial charge in [-0.25, -0.2) is 0 Å². The van der Waals surface area contributed by atoms with Crippen molar-refractivity contribution in [1.82, 2.24) is 0 Å². The van der Waals surface area contributed by atoms with Crippen molar-refractivity contribution in [1.29, 1.82) is 0 Å². The van der Waals surface area contributed by atoms with E-state index in [4.69, 9.17) is 0 Å². The second kappa shape index (κ2) is 5.73. The zero-order chi connectivity index (χ0) is 14.2. The average molecular weight is 290 g/mol. The van der Waals surface area contributed by atoms with E-state index < -0.39 is 5.60 Å². The molecule has 2 saturated heterocycles. The predicted octanol–water partition coefficient (Wildman–Crippen LogP) is 4.52. The fraction of sp³-hybridized carbons (Fsp3) is 0.667. The van der Waals surface area contributed by atoms with Crippen LogP contribution >= 0.6 is 11.8 Å². The first-order valence-electron chi connectivity index (χ1n) is 8.02. The minimum atomic E-state index is -0.572. The molecular formula is C18H26OS. The highest BCUT2D eigenvalue weighted by molar-refractivity contribution is 8.00. The molecule has 2 fully saturated rings. The third-order valence-corrected chi connectivity index (χ3v) is 6.28. The molecule has 2 bridgehead atoms. The Morgan fingerprint density at radius 3 is 2.30 bits per heavy atom. The number of hydrogen-bond acceptors (Lipinski definition) is 2. The Bertz CT molecular complexity index is 439. The zero-order valence-corrected chi connectivity index (χ0v) is 13.5. The molecule has 2 aliphatic heterocycles. The molecule has 1 N–H and O–H groups in total. The van der Waals surface area contributed by atoms with Crippen LogP contribution in [-0.4, -0.2) is 15.6 Å². The van der Waals surface area contributed by atoms with Crippen LogP contribution in [0, 0.1) is 5.92 Å². The van der Waals surface area contributed by atoms with Crippen molar-refractivity contribution >= 4 is 11.8 Å². The summed E-state index contributed by atoms with van der Waals surface area (Å²) >= 11 is 2.12. The molecule has 0 spiro atoms. The van der Waals surface area contributed by atoms with Crippen molar-refractivity contribution in [3.8, 4) is 0 Å². The van der Waals surface area contributed by atoms with Gasteiger partial charge in [0, 0.05) is 10.5 Å². The largest absolute Gasteiger partial charge is 0.385 e. The quantitative estimate of drug-likeness (QED) is 0.883. The summed E-state index contributed by atoms with van der Waals surface area (Å²) in [5.41, 5.74) is 1.96. The van der Waals surface area contributed by atoms with Gasteiger partial charge in [0.15, 0.2) is 0 Å². The van der Waals surface area contributed by atoms with Gasteiger partial charge in [-0.3, -0.25) is 0 Å². The SMILES string of the molecule is CC(C)Cc1ccc(C2(O)CC3CCCC(C2)S3)cc1. The number of thioether (sulfide) groups is 1. The maximum Gasteiger partial charge on any atom is 0.0917 e. The number of benzene rings is 1. The molecule has 2 heterocycles. The standard InChI is InChI=1S/C18H26OS/c1-13(2)10-14-6-8-15(9-7-14)18(19)11-16-4-3-5-17(12-18)20-16/h6-9,13,16-17,19H,3-5,10-12H2,1-2H3. The molecule has 1 aromatic carbocycles. The lowest BCUT2D eigenvalue weighted by Crippen LogP contribution is -2.40. The van der Waals surface area contributed by atoms with Crippen molar-refractivity contribution in [3.05, 3.63) is 35.4 Å². The van der Waals surface area contributed by atoms with Gasteiger partial charge in [-0.05, 0) is 49.1 Å². The average Bonchev–Trinajstić information content (AvgIpc) is 2.38. The molecule has 2 atom stereocenters. The molecule has 0 amide bonds. The van der Waals surface area contributed by atoms with Gasteiger partial charge in [0.1, 0.15) is 0 Å². The Kier molecular flexibility index (Phi) is 4.14. The molecule has 2 unspecified atom stereocenters. The molecule has 20 heavy (non-hydrogen) atoms. The van der Waals surface area contributed by atoms with Crippen LogP contribution in [-0.2, 0) is 12.0 Å². The van der Waals surface area contributed by atoms with Gasteiger partial charge in [-0.15, -0.1) is 0 Å². The maximum atomic E-state index is 11.1. The number of rotatable bonds is 3. The second-order valence-electron chi connectivity index (χ2n) is 7.05. The maximum absolute atomic E-state index is 11.1. The molecule has 110 valence electrons. The summed E-state index contributed by atoms with van der Waals surface area (Å²) in [6, 6.07) is 8.77. The van der Waals surface area contributed by atoms with Crippen molar-refractivity contribution in [3.63, 3.8) is 0 Å². The second-order valence-corrected chi connectivity index (χ2v) is 8.65. The first-order chi connectivity index (χ1) is 9.55. The van der Waals surface area contributed by atoms with Crippen LogP contribution in [0.1, 0.15) is 57.1 Å². The van der Waals surface area contributed by atoms with Gasteiger partial charge in [0.25, 0.3) is 0 Å². The Labute approximate surface area is 127 Å². The Morgan fingerprint density at radius 2 is 1.75 bits per heavy atom. The van der Waals surface area contributed by atoms with Gasteiger partial charge in [-0.2, -0.15) is 11.8 Å². The van der Waals surface area contributed by atoms with E-state index in [2.05, 4.69) is 49.9 Å². The van der Waals surface area contributed by atoms with Crippen LogP contribution in [0.2, 0.25) is 0 Å². The van der Waals surface area contributed by atoms with E-state index in [0.717, 1.165) is 24.8 Å². The molecule has 2 heteroatoms. The highest BCUT2D eigenvalue weighted by Gasteiger charge is 2.42. The highest BCUT2D eigenvalue weighted by Crippen LogP contribution is 2.49.